The van der Waals surface area contributed by atoms with Crippen LogP contribution < -0.4 is 11.1 Å². The number of hydrogen-bond donors (Lipinski definition) is 2. The zero-order chi connectivity index (χ0) is 14.8. The molecule has 4 heteroatoms. The van der Waals surface area contributed by atoms with Gasteiger partial charge in [-0.2, -0.15) is 0 Å². The third-order valence-corrected chi connectivity index (χ3v) is 4.40. The maximum Gasteiger partial charge on any atom is 0.268 e. The van der Waals surface area contributed by atoms with Crippen molar-refractivity contribution in [3.63, 3.8) is 0 Å². The minimum atomic E-state index is -0.0119. The first kappa shape index (κ1) is 14.9. The van der Waals surface area contributed by atoms with E-state index in [1.807, 2.05) is 10.8 Å². The van der Waals surface area contributed by atoms with Gasteiger partial charge in [-0.05, 0) is 38.2 Å². The van der Waals surface area contributed by atoms with Gasteiger partial charge >= 0.3 is 0 Å². The summed E-state index contributed by atoms with van der Waals surface area (Å²) >= 11 is 0. The van der Waals surface area contributed by atoms with Crippen molar-refractivity contribution in [3.05, 3.63) is 18.0 Å². The van der Waals surface area contributed by atoms with Gasteiger partial charge in [-0.15, -0.1) is 0 Å². The maximum atomic E-state index is 12.4. The molecular weight excluding hydrogens is 250 g/mol. The number of nitrogen functional groups attached to an aromatic ring is 1. The van der Waals surface area contributed by atoms with Gasteiger partial charge < -0.3 is 15.6 Å². The van der Waals surface area contributed by atoms with Gasteiger partial charge in [0.2, 0.25) is 0 Å². The smallest absolute Gasteiger partial charge is 0.268 e. The Bertz CT molecular complexity index is 470. The summed E-state index contributed by atoms with van der Waals surface area (Å²) in [6.45, 7) is 7.15. The number of aromatic nitrogens is 1. The summed E-state index contributed by atoms with van der Waals surface area (Å²) in [6, 6.07) is 2.00. The second-order valence-electron chi connectivity index (χ2n) is 6.71. The van der Waals surface area contributed by atoms with Gasteiger partial charge in [0, 0.05) is 18.8 Å². The van der Waals surface area contributed by atoms with E-state index in [2.05, 4.69) is 26.1 Å². The number of nitrogens with zero attached hydrogens (tertiary/aromatic N) is 1. The molecule has 0 aromatic carbocycles. The van der Waals surface area contributed by atoms with E-state index in [1.54, 1.807) is 6.07 Å². The summed E-state index contributed by atoms with van der Waals surface area (Å²) in [5.41, 5.74) is 7.39. The van der Waals surface area contributed by atoms with Crippen molar-refractivity contribution < 1.29 is 4.79 Å². The lowest BCUT2D eigenvalue weighted by atomic mass is 9.76. The van der Waals surface area contributed by atoms with Crippen LogP contribution in [0.4, 0.5) is 5.69 Å². The summed E-state index contributed by atoms with van der Waals surface area (Å²) in [5.74, 6) is -0.0119. The highest BCUT2D eigenvalue weighted by Gasteiger charge is 2.27. The van der Waals surface area contributed by atoms with Crippen LogP contribution in [0.2, 0.25) is 0 Å². The van der Waals surface area contributed by atoms with E-state index in [9.17, 15) is 4.79 Å². The predicted octanol–water partition coefficient (Wildman–Crippen LogP) is 3.35. The largest absolute Gasteiger partial charge is 0.397 e. The number of amides is 1. The monoisotopic (exact) mass is 277 g/mol. The topological polar surface area (TPSA) is 60.0 Å². The predicted molar refractivity (Wildman–Crippen MR) is 82.8 cm³/mol. The first-order valence-electron chi connectivity index (χ1n) is 7.67. The normalized spacial score (nSPS) is 18.2. The van der Waals surface area contributed by atoms with E-state index in [1.165, 1.54) is 32.1 Å². The number of anilines is 1. The number of nitrogens with two attached hydrogens (primary N) is 1. The van der Waals surface area contributed by atoms with Gasteiger partial charge in [0.05, 0.1) is 5.69 Å². The quantitative estimate of drug-likeness (QED) is 0.886. The Balaban J connectivity index is 2.01. The number of hydrogen-bond acceptors (Lipinski definition) is 2. The van der Waals surface area contributed by atoms with E-state index < -0.39 is 0 Å². The molecule has 1 fully saturated rings. The number of carbonyl (C=O) groups is 1. The fourth-order valence-corrected chi connectivity index (χ4v) is 3.08. The highest BCUT2D eigenvalue weighted by atomic mass is 16.1. The molecular formula is C16H27N3O. The van der Waals surface area contributed by atoms with Crippen LogP contribution in [0.5, 0.6) is 0 Å². The molecule has 0 atom stereocenters. The summed E-state index contributed by atoms with van der Waals surface area (Å²) in [5, 5.41) is 3.10. The molecule has 1 saturated carbocycles. The molecule has 0 bridgehead atoms. The molecule has 3 N–H and O–H groups in total. The van der Waals surface area contributed by atoms with Crippen molar-refractivity contribution in [2.75, 3.05) is 12.3 Å². The van der Waals surface area contributed by atoms with Crippen LogP contribution in [-0.4, -0.2) is 17.0 Å². The Morgan fingerprint density at radius 3 is 2.65 bits per heavy atom. The third-order valence-electron chi connectivity index (χ3n) is 4.40. The fourth-order valence-electron chi connectivity index (χ4n) is 3.08. The molecule has 0 saturated heterocycles. The Morgan fingerprint density at radius 1 is 1.40 bits per heavy atom. The Hall–Kier alpha value is -1.45. The van der Waals surface area contributed by atoms with Crippen LogP contribution >= 0.6 is 0 Å². The minimum Gasteiger partial charge on any atom is -0.397 e. The molecule has 0 aliphatic heterocycles. The Labute approximate surface area is 121 Å². The molecule has 1 aliphatic carbocycles. The first-order valence-corrected chi connectivity index (χ1v) is 7.67. The van der Waals surface area contributed by atoms with E-state index in [4.69, 9.17) is 5.73 Å². The molecule has 2 rings (SSSR count). The van der Waals surface area contributed by atoms with E-state index in [0.29, 0.717) is 11.4 Å². The number of carbonyl (C=O) groups excluding carboxylic acids is 1. The zero-order valence-electron chi connectivity index (χ0n) is 12.9. The lowest BCUT2D eigenvalue weighted by Gasteiger charge is -2.33. The summed E-state index contributed by atoms with van der Waals surface area (Å²) in [4.78, 5) is 12.4. The van der Waals surface area contributed by atoms with Gasteiger partial charge in [-0.25, -0.2) is 0 Å². The van der Waals surface area contributed by atoms with Crippen LogP contribution in [0.15, 0.2) is 12.3 Å². The molecule has 1 aromatic rings. The van der Waals surface area contributed by atoms with Crippen molar-refractivity contribution in [2.45, 2.75) is 58.9 Å². The Kier molecular flexibility index (Phi) is 4.41. The standard InChI is InChI=1S/C16H27N3O/c1-12(2)19-10-13(17)9-14(19)15(20)18-11-16(3)7-5-4-6-8-16/h9-10,12H,4-8,11,17H2,1-3H3,(H,18,20). The van der Waals surface area contributed by atoms with Crippen molar-refractivity contribution in [1.82, 2.24) is 9.88 Å². The molecule has 4 nitrogen and oxygen atoms in total. The first-order chi connectivity index (χ1) is 9.41. The van der Waals surface area contributed by atoms with Crippen LogP contribution in [0, 0.1) is 5.41 Å². The molecule has 0 spiro atoms. The number of nitrogens with one attached hydrogen (secondary N) is 1. The molecule has 1 amide bonds. The maximum absolute atomic E-state index is 12.4. The van der Waals surface area contributed by atoms with Crippen molar-refractivity contribution >= 4 is 11.6 Å². The molecule has 112 valence electrons. The number of rotatable bonds is 4. The van der Waals surface area contributed by atoms with Crippen LogP contribution in [0.1, 0.15) is 69.4 Å². The second-order valence-corrected chi connectivity index (χ2v) is 6.71. The molecule has 0 radical (unpaired) electrons. The van der Waals surface area contributed by atoms with Crippen LogP contribution in [-0.2, 0) is 0 Å². The van der Waals surface area contributed by atoms with Crippen LogP contribution in [0.3, 0.4) is 0 Å². The molecule has 1 aromatic heterocycles. The van der Waals surface area contributed by atoms with Crippen LogP contribution in [0.25, 0.3) is 0 Å². The average Bonchev–Trinajstić information content (AvgIpc) is 2.79. The highest BCUT2D eigenvalue weighted by Crippen LogP contribution is 2.35. The molecule has 1 heterocycles. The van der Waals surface area contributed by atoms with Crippen molar-refractivity contribution in [2.24, 2.45) is 5.41 Å². The molecule has 20 heavy (non-hydrogen) atoms. The van der Waals surface area contributed by atoms with E-state index >= 15 is 0 Å². The summed E-state index contributed by atoms with van der Waals surface area (Å²) in [7, 11) is 0. The van der Waals surface area contributed by atoms with Gasteiger partial charge in [-0.3, -0.25) is 4.79 Å². The second kappa shape index (κ2) is 5.90. The SMILES string of the molecule is CC(C)n1cc(N)cc1C(=O)NCC1(C)CCCCC1. The average molecular weight is 277 g/mol. The van der Waals surface area contributed by atoms with Gasteiger partial charge in [0.1, 0.15) is 5.69 Å². The third kappa shape index (κ3) is 3.35. The summed E-state index contributed by atoms with van der Waals surface area (Å²) < 4.78 is 1.94. The zero-order valence-corrected chi connectivity index (χ0v) is 12.9. The molecule has 1 aliphatic rings. The summed E-state index contributed by atoms with van der Waals surface area (Å²) in [6.07, 6.45) is 8.14. The minimum absolute atomic E-state index is 0.0119. The van der Waals surface area contributed by atoms with Gasteiger partial charge in [0.15, 0.2) is 0 Å². The van der Waals surface area contributed by atoms with Gasteiger partial charge in [0.25, 0.3) is 5.91 Å². The van der Waals surface area contributed by atoms with E-state index in [-0.39, 0.29) is 17.4 Å². The highest BCUT2D eigenvalue weighted by molar-refractivity contribution is 5.93. The van der Waals surface area contributed by atoms with Crippen molar-refractivity contribution in [3.8, 4) is 0 Å². The lowest BCUT2D eigenvalue weighted by Crippen LogP contribution is -2.37. The molecule has 0 unspecified atom stereocenters. The fraction of sp³-hybridized carbons (Fsp3) is 0.688. The lowest BCUT2D eigenvalue weighted by molar-refractivity contribution is 0.0908. The van der Waals surface area contributed by atoms with E-state index in [0.717, 1.165) is 6.54 Å². The van der Waals surface area contributed by atoms with Gasteiger partial charge in [-0.1, -0.05) is 26.2 Å². The Morgan fingerprint density at radius 2 is 2.05 bits per heavy atom. The van der Waals surface area contributed by atoms with Crippen molar-refractivity contribution in [1.29, 1.82) is 0 Å².